The van der Waals surface area contributed by atoms with Crippen molar-refractivity contribution in [1.29, 1.82) is 0 Å². The van der Waals surface area contributed by atoms with Crippen LogP contribution in [-0.4, -0.2) is 56.5 Å². The normalized spacial score (nSPS) is 10.6. The van der Waals surface area contributed by atoms with Crippen molar-refractivity contribution in [1.82, 2.24) is 30.2 Å². The molecule has 1 aromatic carbocycles. The number of pyridine rings is 1. The molecule has 0 aliphatic rings. The van der Waals surface area contributed by atoms with Gasteiger partial charge in [-0.2, -0.15) is 4.98 Å². The van der Waals surface area contributed by atoms with Gasteiger partial charge in [0.15, 0.2) is 0 Å². The zero-order valence-electron chi connectivity index (χ0n) is 21.7. The van der Waals surface area contributed by atoms with E-state index in [1.165, 1.54) is 36.8 Å². The van der Waals surface area contributed by atoms with E-state index in [2.05, 4.69) is 40.9 Å². The molecule has 4 rings (SSSR count). The third kappa shape index (κ3) is 7.44. The molecule has 40 heavy (non-hydrogen) atoms. The smallest absolute Gasteiger partial charge is 0.339 e. The number of anilines is 3. The minimum Gasteiger partial charge on any atom is -0.462 e. The molecule has 0 unspecified atom stereocenters. The van der Waals surface area contributed by atoms with E-state index in [0.29, 0.717) is 42.1 Å². The summed E-state index contributed by atoms with van der Waals surface area (Å²) in [6, 6.07) is 5.82. The maximum atomic E-state index is 13.6. The number of amides is 1. The Morgan fingerprint density at radius 2 is 1.88 bits per heavy atom. The average Bonchev–Trinajstić information content (AvgIpc) is 2.95. The van der Waals surface area contributed by atoms with E-state index in [4.69, 9.17) is 16.3 Å². The molecule has 0 spiro atoms. The largest absolute Gasteiger partial charge is 0.462 e. The third-order valence-corrected chi connectivity index (χ3v) is 5.76. The summed E-state index contributed by atoms with van der Waals surface area (Å²) in [5.41, 5.74) is 2.92. The van der Waals surface area contributed by atoms with Gasteiger partial charge in [0.25, 0.3) is 5.91 Å². The third-order valence-electron chi connectivity index (χ3n) is 5.47. The summed E-state index contributed by atoms with van der Waals surface area (Å²) in [5, 5.41) is 9.02. The number of halogens is 2. The number of ether oxygens (including phenoxy) is 1. The molecule has 0 atom stereocenters. The Balaban J connectivity index is 1.50. The maximum Gasteiger partial charge on any atom is 0.339 e. The fourth-order valence-corrected chi connectivity index (χ4v) is 3.68. The predicted molar refractivity (Wildman–Crippen MR) is 148 cm³/mol. The molecule has 3 heterocycles. The topological polar surface area (TPSA) is 144 Å². The second-order valence-corrected chi connectivity index (χ2v) is 8.88. The van der Waals surface area contributed by atoms with Gasteiger partial charge in [-0.25, -0.2) is 19.2 Å². The van der Waals surface area contributed by atoms with E-state index < -0.39 is 11.8 Å². The molecule has 3 N–H and O–H groups in total. The van der Waals surface area contributed by atoms with Gasteiger partial charge in [-0.05, 0) is 44.5 Å². The van der Waals surface area contributed by atoms with Crippen molar-refractivity contribution >= 4 is 40.9 Å². The van der Waals surface area contributed by atoms with Gasteiger partial charge in [-0.1, -0.05) is 11.6 Å². The second-order valence-electron chi connectivity index (χ2n) is 8.47. The van der Waals surface area contributed by atoms with Crippen molar-refractivity contribution in [2.75, 3.05) is 30.3 Å². The van der Waals surface area contributed by atoms with Crippen molar-refractivity contribution in [2.24, 2.45) is 0 Å². The molecule has 13 heteroatoms. The van der Waals surface area contributed by atoms with Crippen LogP contribution < -0.4 is 16.0 Å². The maximum absolute atomic E-state index is 13.6. The highest BCUT2D eigenvalue weighted by Gasteiger charge is 2.14. The van der Waals surface area contributed by atoms with Crippen molar-refractivity contribution in [3.63, 3.8) is 0 Å². The van der Waals surface area contributed by atoms with Crippen LogP contribution in [0.15, 0.2) is 55.2 Å². The van der Waals surface area contributed by atoms with Crippen LogP contribution in [0.2, 0.25) is 5.02 Å². The Labute approximate surface area is 234 Å². The van der Waals surface area contributed by atoms with Gasteiger partial charge in [0, 0.05) is 54.7 Å². The molecule has 4 aromatic rings. The summed E-state index contributed by atoms with van der Waals surface area (Å²) in [6.07, 6.45) is 8.10. The lowest BCUT2D eigenvalue weighted by atomic mass is 10.1. The summed E-state index contributed by atoms with van der Waals surface area (Å²) in [7, 11) is 0. The van der Waals surface area contributed by atoms with Gasteiger partial charge in [0.1, 0.15) is 17.3 Å². The molecule has 11 nitrogen and oxygen atoms in total. The van der Waals surface area contributed by atoms with Crippen LogP contribution in [0, 0.1) is 12.7 Å². The van der Waals surface area contributed by atoms with Crippen LogP contribution in [0.3, 0.4) is 0 Å². The summed E-state index contributed by atoms with van der Waals surface area (Å²) >= 11 is 5.90. The molecule has 0 saturated carbocycles. The van der Waals surface area contributed by atoms with E-state index >= 15 is 0 Å². The average molecular weight is 565 g/mol. The first-order chi connectivity index (χ1) is 19.3. The monoisotopic (exact) mass is 564 g/mol. The van der Waals surface area contributed by atoms with Crippen molar-refractivity contribution in [3.05, 3.63) is 83.0 Å². The molecule has 0 fully saturated rings. The van der Waals surface area contributed by atoms with Gasteiger partial charge in [-0.15, -0.1) is 0 Å². The number of nitrogens with zero attached hydrogens (tertiary/aromatic N) is 5. The van der Waals surface area contributed by atoms with Crippen LogP contribution in [0.25, 0.3) is 11.1 Å². The van der Waals surface area contributed by atoms with Gasteiger partial charge >= 0.3 is 5.97 Å². The Morgan fingerprint density at radius 3 is 2.62 bits per heavy atom. The number of aromatic nitrogens is 5. The second kappa shape index (κ2) is 13.4. The number of esters is 1. The van der Waals surface area contributed by atoms with Crippen LogP contribution in [0.4, 0.5) is 21.8 Å². The highest BCUT2D eigenvalue weighted by atomic mass is 35.5. The first-order valence-corrected chi connectivity index (χ1v) is 12.7. The molecule has 1 amide bonds. The highest BCUT2D eigenvalue weighted by molar-refractivity contribution is 6.31. The lowest BCUT2D eigenvalue weighted by Gasteiger charge is -2.14. The van der Waals surface area contributed by atoms with Crippen LogP contribution >= 0.6 is 11.6 Å². The summed E-state index contributed by atoms with van der Waals surface area (Å²) in [6.45, 7) is 4.57. The van der Waals surface area contributed by atoms with Crippen LogP contribution in [0.5, 0.6) is 0 Å². The molecular weight excluding hydrogens is 539 g/mol. The number of hydrogen-bond donors (Lipinski definition) is 3. The lowest BCUT2D eigenvalue weighted by Crippen LogP contribution is -2.27. The zero-order valence-corrected chi connectivity index (χ0v) is 22.5. The standard InChI is InChI=1S/C27H26ClFN8O3/c1-3-40-26(39)18-9-17(12-30-13-18)20-14-35-27(36-19-5-6-22(29)21(28)10-19)37-24(20)31-7-4-8-32-25(38)23-15-33-16(2)11-34-23/h5-6,9-15H,3-4,7-8H2,1-2H3,(H,32,38)(H2,31,35,36,37). The summed E-state index contributed by atoms with van der Waals surface area (Å²) in [4.78, 5) is 45.8. The first kappa shape index (κ1) is 28.3. The number of aryl methyl sites for hydroxylation is 1. The van der Waals surface area contributed by atoms with E-state index in [0.717, 1.165) is 5.69 Å². The van der Waals surface area contributed by atoms with Gasteiger partial charge in [0.2, 0.25) is 5.95 Å². The number of carbonyl (C=O) groups excluding carboxylic acids is 2. The quantitative estimate of drug-likeness (QED) is 0.175. The van der Waals surface area contributed by atoms with Crippen molar-refractivity contribution in [2.45, 2.75) is 20.3 Å². The number of benzene rings is 1. The molecule has 3 aromatic heterocycles. The molecule has 206 valence electrons. The molecule has 0 aliphatic heterocycles. The molecule has 0 bridgehead atoms. The predicted octanol–water partition coefficient (Wildman–Crippen LogP) is 4.58. The van der Waals surface area contributed by atoms with E-state index in [1.54, 1.807) is 32.3 Å². The lowest BCUT2D eigenvalue weighted by molar-refractivity contribution is 0.0525. The first-order valence-electron chi connectivity index (χ1n) is 12.4. The fourth-order valence-electron chi connectivity index (χ4n) is 3.50. The molecule has 0 saturated heterocycles. The van der Waals surface area contributed by atoms with E-state index in [-0.39, 0.29) is 34.7 Å². The highest BCUT2D eigenvalue weighted by Crippen LogP contribution is 2.28. The van der Waals surface area contributed by atoms with Gasteiger partial charge in [-0.3, -0.25) is 14.8 Å². The zero-order chi connectivity index (χ0) is 28.5. The van der Waals surface area contributed by atoms with Crippen molar-refractivity contribution < 1.29 is 18.7 Å². The minimum atomic E-state index is -0.540. The van der Waals surface area contributed by atoms with Gasteiger partial charge < -0.3 is 20.7 Å². The van der Waals surface area contributed by atoms with Gasteiger partial charge in [0.05, 0.1) is 29.1 Å². The fraction of sp³-hybridized carbons (Fsp3) is 0.222. The summed E-state index contributed by atoms with van der Waals surface area (Å²) in [5.74, 6) is -0.672. The Morgan fingerprint density at radius 1 is 1.02 bits per heavy atom. The van der Waals surface area contributed by atoms with Crippen molar-refractivity contribution in [3.8, 4) is 11.1 Å². The number of hydrogen-bond acceptors (Lipinski definition) is 10. The molecule has 0 aliphatic carbocycles. The van der Waals surface area contributed by atoms with Crippen LogP contribution in [0.1, 0.15) is 39.9 Å². The number of rotatable bonds is 11. The van der Waals surface area contributed by atoms with Crippen LogP contribution in [-0.2, 0) is 4.74 Å². The van der Waals surface area contributed by atoms with E-state index in [9.17, 15) is 14.0 Å². The number of carbonyl (C=O) groups is 2. The SMILES string of the molecule is CCOC(=O)c1cncc(-c2cnc(Nc3ccc(F)c(Cl)c3)nc2NCCCNC(=O)c2cnc(C)cn2)c1. The van der Waals surface area contributed by atoms with E-state index in [1.807, 2.05) is 0 Å². The summed E-state index contributed by atoms with van der Waals surface area (Å²) < 4.78 is 18.7. The Kier molecular flexibility index (Phi) is 9.47. The minimum absolute atomic E-state index is 0.0412. The number of nitrogens with one attached hydrogen (secondary N) is 3. The Bertz CT molecular complexity index is 1500. The Hall–Kier alpha value is -4.71. The molecular formula is C27H26ClFN8O3. The molecule has 0 radical (unpaired) electrons.